The molecular weight excluding hydrogens is 360 g/mol. The summed E-state index contributed by atoms with van der Waals surface area (Å²) in [5.41, 5.74) is 1.91. The van der Waals surface area contributed by atoms with E-state index >= 15 is 0 Å². The molecular formula is C21H22N2O5. The standard InChI is InChI=1S/C21H22N2O5/c1-14(21(25)23-17-8-4-16(13-22)5-9-17)28-20(24)11-7-15-6-10-18(26-2)19(12-15)27-3/h4-6,8-10,12,14H,7,11H2,1-3H3,(H,23,25)/t14-/m1/s1. The minimum Gasteiger partial charge on any atom is -0.493 e. The van der Waals surface area contributed by atoms with E-state index in [2.05, 4.69) is 5.32 Å². The van der Waals surface area contributed by atoms with Crippen LogP contribution in [0.3, 0.4) is 0 Å². The van der Waals surface area contributed by atoms with Crippen LogP contribution in [0.5, 0.6) is 11.5 Å². The number of carbonyl (C=O) groups excluding carboxylic acids is 2. The molecule has 7 nitrogen and oxygen atoms in total. The van der Waals surface area contributed by atoms with Crippen LogP contribution in [-0.4, -0.2) is 32.2 Å². The molecule has 2 aromatic carbocycles. The molecule has 146 valence electrons. The molecule has 2 rings (SSSR count). The summed E-state index contributed by atoms with van der Waals surface area (Å²) < 4.78 is 15.6. The molecule has 1 atom stereocenters. The molecule has 0 bridgehead atoms. The number of ether oxygens (including phenoxy) is 3. The van der Waals surface area contributed by atoms with Gasteiger partial charge < -0.3 is 19.5 Å². The molecule has 0 fully saturated rings. The summed E-state index contributed by atoms with van der Waals surface area (Å²) >= 11 is 0. The fraction of sp³-hybridized carbons (Fsp3) is 0.286. The number of esters is 1. The minimum absolute atomic E-state index is 0.129. The first-order valence-corrected chi connectivity index (χ1v) is 8.68. The van der Waals surface area contributed by atoms with E-state index in [0.29, 0.717) is 29.2 Å². The van der Waals surface area contributed by atoms with Crippen LogP contribution in [0.4, 0.5) is 5.69 Å². The van der Waals surface area contributed by atoms with Crippen molar-refractivity contribution in [2.24, 2.45) is 0 Å². The van der Waals surface area contributed by atoms with Crippen molar-refractivity contribution in [2.45, 2.75) is 25.9 Å². The van der Waals surface area contributed by atoms with Crippen LogP contribution in [0.15, 0.2) is 42.5 Å². The molecule has 1 amide bonds. The number of hydrogen-bond acceptors (Lipinski definition) is 6. The fourth-order valence-corrected chi connectivity index (χ4v) is 2.46. The van der Waals surface area contributed by atoms with Crippen LogP contribution >= 0.6 is 0 Å². The summed E-state index contributed by atoms with van der Waals surface area (Å²) in [7, 11) is 3.10. The van der Waals surface area contributed by atoms with Crippen molar-refractivity contribution in [1.29, 1.82) is 5.26 Å². The largest absolute Gasteiger partial charge is 0.493 e. The first-order valence-electron chi connectivity index (χ1n) is 8.68. The molecule has 0 heterocycles. The van der Waals surface area contributed by atoms with Crippen molar-refractivity contribution >= 4 is 17.6 Å². The van der Waals surface area contributed by atoms with Gasteiger partial charge in [0.2, 0.25) is 0 Å². The maximum Gasteiger partial charge on any atom is 0.306 e. The Morgan fingerprint density at radius 2 is 1.75 bits per heavy atom. The molecule has 2 aromatic rings. The van der Waals surface area contributed by atoms with Gasteiger partial charge in [-0.1, -0.05) is 6.07 Å². The minimum atomic E-state index is -0.937. The number of anilines is 1. The highest BCUT2D eigenvalue weighted by atomic mass is 16.5. The Bertz CT molecular complexity index is 871. The Kier molecular flexibility index (Phi) is 7.40. The second-order valence-corrected chi connectivity index (χ2v) is 6.00. The van der Waals surface area contributed by atoms with E-state index in [1.54, 1.807) is 50.6 Å². The van der Waals surface area contributed by atoms with Crippen LogP contribution in [0, 0.1) is 11.3 Å². The fourth-order valence-electron chi connectivity index (χ4n) is 2.46. The van der Waals surface area contributed by atoms with Gasteiger partial charge in [0, 0.05) is 12.1 Å². The lowest BCUT2D eigenvalue weighted by Crippen LogP contribution is -2.30. The highest BCUT2D eigenvalue weighted by molar-refractivity contribution is 5.95. The topological polar surface area (TPSA) is 97.6 Å². The highest BCUT2D eigenvalue weighted by Crippen LogP contribution is 2.28. The van der Waals surface area contributed by atoms with Crippen LogP contribution < -0.4 is 14.8 Å². The number of nitrogens with zero attached hydrogens (tertiary/aromatic N) is 1. The number of amides is 1. The second kappa shape index (κ2) is 9.97. The first kappa shape index (κ1) is 20.8. The van der Waals surface area contributed by atoms with Crippen LogP contribution in [0.2, 0.25) is 0 Å². The summed E-state index contributed by atoms with van der Waals surface area (Å²) in [6.45, 7) is 1.51. The van der Waals surface area contributed by atoms with E-state index in [9.17, 15) is 9.59 Å². The highest BCUT2D eigenvalue weighted by Gasteiger charge is 2.18. The third-order valence-corrected chi connectivity index (χ3v) is 4.02. The average Bonchev–Trinajstić information content (AvgIpc) is 2.72. The monoisotopic (exact) mass is 382 g/mol. The number of nitriles is 1. The lowest BCUT2D eigenvalue weighted by Gasteiger charge is -2.14. The molecule has 7 heteroatoms. The van der Waals surface area contributed by atoms with E-state index in [0.717, 1.165) is 5.56 Å². The lowest BCUT2D eigenvalue weighted by molar-refractivity contribution is -0.153. The van der Waals surface area contributed by atoms with Gasteiger partial charge in [0.05, 0.1) is 25.9 Å². The maximum absolute atomic E-state index is 12.1. The molecule has 0 aliphatic carbocycles. The van der Waals surface area contributed by atoms with Crippen molar-refractivity contribution in [1.82, 2.24) is 0 Å². The predicted octanol–water partition coefficient (Wildman–Crippen LogP) is 3.08. The third kappa shape index (κ3) is 5.74. The lowest BCUT2D eigenvalue weighted by atomic mass is 10.1. The smallest absolute Gasteiger partial charge is 0.306 e. The molecule has 0 aliphatic heterocycles. The molecule has 0 unspecified atom stereocenters. The molecule has 28 heavy (non-hydrogen) atoms. The van der Waals surface area contributed by atoms with Crippen molar-refractivity contribution < 1.29 is 23.8 Å². The average molecular weight is 382 g/mol. The van der Waals surface area contributed by atoms with Gasteiger partial charge >= 0.3 is 5.97 Å². The van der Waals surface area contributed by atoms with Crippen LogP contribution in [0.1, 0.15) is 24.5 Å². The zero-order valence-corrected chi connectivity index (χ0v) is 16.0. The van der Waals surface area contributed by atoms with E-state index in [4.69, 9.17) is 19.5 Å². The zero-order valence-electron chi connectivity index (χ0n) is 16.0. The molecule has 0 spiro atoms. The number of hydrogen-bond donors (Lipinski definition) is 1. The Balaban J connectivity index is 1.84. The first-order chi connectivity index (χ1) is 13.5. The summed E-state index contributed by atoms with van der Waals surface area (Å²) in [4.78, 5) is 24.2. The van der Waals surface area contributed by atoms with Crippen molar-refractivity contribution in [2.75, 3.05) is 19.5 Å². The number of aryl methyl sites for hydroxylation is 1. The van der Waals surface area contributed by atoms with Gasteiger partial charge in [-0.2, -0.15) is 5.26 Å². The summed E-state index contributed by atoms with van der Waals surface area (Å²) in [5, 5.41) is 11.4. The number of rotatable bonds is 8. The Labute approximate surface area is 163 Å². The zero-order chi connectivity index (χ0) is 20.5. The number of methoxy groups -OCH3 is 2. The van der Waals surface area contributed by atoms with Crippen LogP contribution in [0.25, 0.3) is 0 Å². The van der Waals surface area contributed by atoms with Crippen molar-refractivity contribution in [3.8, 4) is 17.6 Å². The Hall–Kier alpha value is -3.53. The summed E-state index contributed by atoms with van der Waals surface area (Å²) in [6, 6.07) is 13.8. The predicted molar refractivity (Wildman–Crippen MR) is 103 cm³/mol. The van der Waals surface area contributed by atoms with Crippen molar-refractivity contribution in [3.05, 3.63) is 53.6 Å². The van der Waals surface area contributed by atoms with Gasteiger partial charge in [0.25, 0.3) is 5.91 Å². The number of nitrogens with one attached hydrogen (secondary N) is 1. The third-order valence-electron chi connectivity index (χ3n) is 4.02. The van der Waals surface area contributed by atoms with Crippen molar-refractivity contribution in [3.63, 3.8) is 0 Å². The normalized spacial score (nSPS) is 11.1. The van der Waals surface area contributed by atoms with E-state index in [-0.39, 0.29) is 6.42 Å². The van der Waals surface area contributed by atoms with E-state index in [1.807, 2.05) is 12.1 Å². The SMILES string of the molecule is COc1ccc(CCC(=O)O[C@H](C)C(=O)Nc2ccc(C#N)cc2)cc1OC. The quantitative estimate of drug-likeness (QED) is 0.705. The van der Waals surface area contributed by atoms with E-state index < -0.39 is 18.0 Å². The molecule has 0 radical (unpaired) electrons. The Morgan fingerprint density at radius 1 is 1.07 bits per heavy atom. The maximum atomic E-state index is 12.1. The van der Waals surface area contributed by atoms with Gasteiger partial charge in [-0.05, 0) is 55.3 Å². The second-order valence-electron chi connectivity index (χ2n) is 6.00. The number of benzene rings is 2. The molecule has 0 aliphatic rings. The van der Waals surface area contributed by atoms with Gasteiger partial charge in [0.1, 0.15) is 0 Å². The molecule has 1 N–H and O–H groups in total. The van der Waals surface area contributed by atoms with Crippen LogP contribution in [-0.2, 0) is 20.7 Å². The molecule has 0 aromatic heterocycles. The van der Waals surface area contributed by atoms with Gasteiger partial charge in [-0.3, -0.25) is 9.59 Å². The summed E-state index contributed by atoms with van der Waals surface area (Å²) in [5.74, 6) is 0.284. The van der Waals surface area contributed by atoms with Gasteiger partial charge in [-0.25, -0.2) is 0 Å². The number of carbonyl (C=O) groups is 2. The Morgan fingerprint density at radius 3 is 2.36 bits per heavy atom. The molecule has 0 saturated heterocycles. The summed E-state index contributed by atoms with van der Waals surface area (Å²) in [6.07, 6.45) is -0.360. The van der Waals surface area contributed by atoms with Gasteiger partial charge in [-0.15, -0.1) is 0 Å². The van der Waals surface area contributed by atoms with Gasteiger partial charge in [0.15, 0.2) is 17.6 Å². The van der Waals surface area contributed by atoms with E-state index in [1.165, 1.54) is 6.92 Å². The molecule has 0 saturated carbocycles.